The number of carbonyl (C=O) groups excluding carboxylic acids is 3. The number of halogens is 2. The number of imide groups is 1. The quantitative estimate of drug-likeness (QED) is 0.416. The second-order valence-corrected chi connectivity index (χ2v) is 8.34. The van der Waals surface area contributed by atoms with E-state index in [4.69, 9.17) is 11.6 Å². The highest BCUT2D eigenvalue weighted by Gasteiger charge is 2.63. The Morgan fingerprint density at radius 2 is 1.81 bits per heavy atom. The summed E-state index contributed by atoms with van der Waals surface area (Å²) in [6.07, 6.45) is 5.04. The van der Waals surface area contributed by atoms with E-state index in [2.05, 4.69) is 6.58 Å². The molecule has 4 atom stereocenters. The largest absolute Gasteiger partial charge is 0.352 e. The molecule has 0 bridgehead atoms. The predicted octanol–water partition coefficient (Wildman–Crippen LogP) is 3.73. The summed E-state index contributed by atoms with van der Waals surface area (Å²) in [5, 5.41) is 0.490. The molecule has 3 heterocycles. The van der Waals surface area contributed by atoms with Crippen LogP contribution >= 0.6 is 11.6 Å². The average Bonchev–Trinajstić information content (AvgIpc) is 3.22. The summed E-state index contributed by atoms with van der Waals surface area (Å²) in [6.45, 7) is 3.73. The fourth-order valence-corrected chi connectivity index (χ4v) is 5.13. The van der Waals surface area contributed by atoms with E-state index in [1.54, 1.807) is 42.5 Å². The first-order valence-electron chi connectivity index (χ1n) is 9.94. The Kier molecular flexibility index (Phi) is 4.55. The Balaban J connectivity index is 1.66. The molecular formula is C24H18ClFN2O3. The highest BCUT2D eigenvalue weighted by Crippen LogP contribution is 2.49. The highest BCUT2D eigenvalue weighted by molar-refractivity contribution is 6.30. The van der Waals surface area contributed by atoms with E-state index in [0.717, 1.165) is 0 Å². The van der Waals surface area contributed by atoms with Crippen molar-refractivity contribution < 1.29 is 18.8 Å². The van der Waals surface area contributed by atoms with Gasteiger partial charge < -0.3 is 4.90 Å². The first-order chi connectivity index (χ1) is 14.9. The Bertz CT molecular complexity index is 1160. The van der Waals surface area contributed by atoms with E-state index in [0.29, 0.717) is 21.8 Å². The van der Waals surface area contributed by atoms with Gasteiger partial charge in [-0.1, -0.05) is 29.8 Å². The first-order valence-corrected chi connectivity index (χ1v) is 10.3. The smallest absolute Gasteiger partial charge is 0.236 e. The number of ketones is 1. The maximum Gasteiger partial charge on any atom is 0.236 e. The van der Waals surface area contributed by atoms with Gasteiger partial charge >= 0.3 is 0 Å². The molecule has 5 nitrogen and oxygen atoms in total. The van der Waals surface area contributed by atoms with E-state index in [1.807, 2.05) is 4.90 Å². The van der Waals surface area contributed by atoms with Crippen LogP contribution in [0.1, 0.15) is 15.9 Å². The molecule has 5 rings (SSSR count). The van der Waals surface area contributed by atoms with Crippen LogP contribution in [-0.2, 0) is 9.59 Å². The zero-order valence-electron chi connectivity index (χ0n) is 16.4. The van der Waals surface area contributed by atoms with Gasteiger partial charge in [-0.2, -0.15) is 0 Å². The molecule has 7 heteroatoms. The lowest BCUT2D eigenvalue weighted by molar-refractivity contribution is -0.139. The molecule has 2 aromatic rings. The van der Waals surface area contributed by atoms with Crippen molar-refractivity contribution in [2.75, 3.05) is 11.4 Å². The molecule has 0 radical (unpaired) electrons. The first kappa shape index (κ1) is 19.7. The summed E-state index contributed by atoms with van der Waals surface area (Å²) in [6, 6.07) is 9.39. The number of fused-ring (bicyclic) bond motifs is 5. The van der Waals surface area contributed by atoms with Gasteiger partial charge in [0.25, 0.3) is 0 Å². The molecule has 0 spiro atoms. The lowest BCUT2D eigenvalue weighted by Crippen LogP contribution is -2.48. The van der Waals surface area contributed by atoms with Crippen LogP contribution in [0, 0.1) is 17.7 Å². The third-order valence-corrected chi connectivity index (χ3v) is 6.52. The molecule has 2 aromatic carbocycles. The summed E-state index contributed by atoms with van der Waals surface area (Å²) >= 11 is 5.97. The zero-order valence-corrected chi connectivity index (χ0v) is 17.1. The molecule has 0 unspecified atom stereocenters. The van der Waals surface area contributed by atoms with Gasteiger partial charge in [-0.05, 0) is 42.5 Å². The lowest BCUT2D eigenvalue weighted by atomic mass is 9.86. The Labute approximate surface area is 183 Å². The molecule has 0 saturated carbocycles. The van der Waals surface area contributed by atoms with Gasteiger partial charge in [0.15, 0.2) is 5.78 Å². The van der Waals surface area contributed by atoms with Crippen molar-refractivity contribution in [3.63, 3.8) is 0 Å². The van der Waals surface area contributed by atoms with Crippen LogP contribution in [0.15, 0.2) is 61.2 Å². The molecule has 0 aliphatic carbocycles. The molecule has 2 amide bonds. The number of anilines is 1. The van der Waals surface area contributed by atoms with Crippen molar-refractivity contribution in [3.05, 3.63) is 83.2 Å². The van der Waals surface area contributed by atoms with Crippen LogP contribution in [0.5, 0.6) is 0 Å². The summed E-state index contributed by atoms with van der Waals surface area (Å²) in [5.41, 5.74) is 1.63. The molecule has 2 saturated heterocycles. The number of rotatable bonds is 4. The van der Waals surface area contributed by atoms with Crippen LogP contribution in [0.25, 0.3) is 6.08 Å². The Morgan fingerprint density at radius 3 is 2.52 bits per heavy atom. The number of nitrogens with zero attached hydrogens (tertiary/aromatic N) is 2. The van der Waals surface area contributed by atoms with Gasteiger partial charge in [-0.25, -0.2) is 4.39 Å². The van der Waals surface area contributed by atoms with Crippen molar-refractivity contribution in [1.29, 1.82) is 0 Å². The second-order valence-electron chi connectivity index (χ2n) is 7.90. The summed E-state index contributed by atoms with van der Waals surface area (Å²) in [4.78, 5) is 43.1. The number of Topliss-reactive ketones (excluding diaryl/α,β-unsaturated/α-hetero) is 1. The normalized spacial score (nSPS) is 26.0. The lowest BCUT2D eigenvalue weighted by Gasteiger charge is -2.36. The van der Waals surface area contributed by atoms with Crippen molar-refractivity contribution in [2.24, 2.45) is 11.8 Å². The number of hydrogen-bond acceptors (Lipinski definition) is 4. The zero-order chi connectivity index (χ0) is 21.9. The van der Waals surface area contributed by atoms with Crippen molar-refractivity contribution in [2.45, 2.75) is 12.1 Å². The van der Waals surface area contributed by atoms with Gasteiger partial charge in [-0.15, -0.1) is 6.58 Å². The van der Waals surface area contributed by atoms with Gasteiger partial charge in [-0.3, -0.25) is 19.3 Å². The SMILES string of the molecule is C=CCN1C(=O)[C@@H]2[C@H](C1=O)[C@@H]1C=Cc3cc(F)ccc3N1[C@@H]2C(=O)c1ccc(Cl)cc1. The van der Waals surface area contributed by atoms with Gasteiger partial charge in [0, 0.05) is 28.4 Å². The van der Waals surface area contributed by atoms with Gasteiger partial charge in [0.2, 0.25) is 11.8 Å². The van der Waals surface area contributed by atoms with E-state index >= 15 is 0 Å². The molecule has 3 aliphatic rings. The maximum atomic E-state index is 13.8. The minimum absolute atomic E-state index is 0.102. The molecule has 0 N–H and O–H groups in total. The Morgan fingerprint density at radius 1 is 1.10 bits per heavy atom. The number of amides is 2. The summed E-state index contributed by atoms with van der Waals surface area (Å²) < 4.78 is 13.8. The van der Waals surface area contributed by atoms with Crippen molar-refractivity contribution in [1.82, 2.24) is 4.90 Å². The topological polar surface area (TPSA) is 57.7 Å². The number of carbonyl (C=O) groups is 3. The van der Waals surface area contributed by atoms with Crippen LogP contribution < -0.4 is 4.90 Å². The van der Waals surface area contributed by atoms with E-state index in [1.165, 1.54) is 23.1 Å². The third kappa shape index (κ3) is 2.86. The molecule has 31 heavy (non-hydrogen) atoms. The monoisotopic (exact) mass is 436 g/mol. The highest BCUT2D eigenvalue weighted by atomic mass is 35.5. The molecule has 156 valence electrons. The van der Waals surface area contributed by atoms with Crippen LogP contribution in [0.2, 0.25) is 5.02 Å². The molecule has 0 aromatic heterocycles. The molecule has 2 fully saturated rings. The van der Waals surface area contributed by atoms with Crippen molar-refractivity contribution in [3.8, 4) is 0 Å². The van der Waals surface area contributed by atoms with Crippen LogP contribution in [0.3, 0.4) is 0 Å². The minimum Gasteiger partial charge on any atom is -0.352 e. The van der Waals surface area contributed by atoms with E-state index in [-0.39, 0.29) is 24.1 Å². The third-order valence-electron chi connectivity index (χ3n) is 6.27. The molecular weight excluding hydrogens is 419 g/mol. The number of hydrogen-bond donors (Lipinski definition) is 0. The molecule has 3 aliphatic heterocycles. The van der Waals surface area contributed by atoms with E-state index in [9.17, 15) is 18.8 Å². The Hall–Kier alpha value is -3.25. The number of benzene rings is 2. The minimum atomic E-state index is -0.892. The number of likely N-dealkylation sites (tertiary alicyclic amines) is 1. The van der Waals surface area contributed by atoms with E-state index < -0.39 is 29.7 Å². The fourth-order valence-electron chi connectivity index (χ4n) is 5.00. The second kappa shape index (κ2) is 7.17. The van der Waals surface area contributed by atoms with Gasteiger partial charge in [0.1, 0.15) is 11.9 Å². The van der Waals surface area contributed by atoms with Crippen LogP contribution in [0.4, 0.5) is 10.1 Å². The maximum absolute atomic E-state index is 13.8. The average molecular weight is 437 g/mol. The van der Waals surface area contributed by atoms with Crippen molar-refractivity contribution >= 4 is 41.0 Å². The predicted molar refractivity (Wildman–Crippen MR) is 115 cm³/mol. The standard InChI is InChI=1S/C24H18ClFN2O3/c1-2-11-27-23(30)19-18-9-5-14-12-16(26)8-10-17(14)28(18)21(20(19)24(27)31)22(29)13-3-6-15(25)7-4-13/h2-10,12,18-21H,1,11H2/t18-,19+,20+,21-/m0/s1. The summed E-state index contributed by atoms with van der Waals surface area (Å²) in [7, 11) is 0. The summed E-state index contributed by atoms with van der Waals surface area (Å²) in [5.74, 6) is -2.89. The van der Waals surface area contributed by atoms with Crippen LogP contribution in [-0.4, -0.2) is 41.1 Å². The fraction of sp³-hybridized carbons (Fsp3) is 0.208. The van der Waals surface area contributed by atoms with Gasteiger partial charge in [0.05, 0.1) is 17.9 Å².